The van der Waals surface area contributed by atoms with Crippen molar-refractivity contribution in [2.24, 2.45) is 7.05 Å². The van der Waals surface area contributed by atoms with Crippen LogP contribution < -0.4 is 0 Å². The summed E-state index contributed by atoms with van der Waals surface area (Å²) in [5, 5.41) is 4.36. The molecule has 0 N–H and O–H groups in total. The van der Waals surface area contributed by atoms with Crippen molar-refractivity contribution in [2.75, 3.05) is 6.54 Å². The number of carbonyl (C=O) groups excluding carboxylic acids is 3. The van der Waals surface area contributed by atoms with Gasteiger partial charge in [0.05, 0.1) is 5.69 Å². The molecule has 3 amide bonds. The molecule has 1 fully saturated rings. The Morgan fingerprint density at radius 1 is 1.15 bits per heavy atom. The predicted octanol–water partition coefficient (Wildman–Crippen LogP) is 4.33. The van der Waals surface area contributed by atoms with Crippen LogP contribution >= 0.6 is 0 Å². The molecule has 1 aliphatic heterocycles. The van der Waals surface area contributed by atoms with Gasteiger partial charge in [-0.25, -0.2) is 14.1 Å². The molecule has 2 aliphatic rings. The highest BCUT2D eigenvalue weighted by molar-refractivity contribution is 6.06. The van der Waals surface area contributed by atoms with Crippen molar-refractivity contribution < 1.29 is 36.7 Å². The Hall–Kier alpha value is -4.22. The van der Waals surface area contributed by atoms with Gasteiger partial charge in [-0.2, -0.15) is 18.3 Å². The Bertz CT molecular complexity index is 1450. The van der Waals surface area contributed by atoms with Gasteiger partial charge in [-0.3, -0.25) is 14.3 Å². The van der Waals surface area contributed by atoms with E-state index in [1.54, 1.807) is 30.1 Å². The molecule has 5 rings (SSSR count). The fourth-order valence-corrected chi connectivity index (χ4v) is 5.01. The van der Waals surface area contributed by atoms with E-state index in [-0.39, 0.29) is 12.0 Å². The third-order valence-electron chi connectivity index (χ3n) is 7.19. The van der Waals surface area contributed by atoms with Gasteiger partial charge < -0.3 is 9.64 Å². The fraction of sp³-hybridized carbons (Fsp3) is 0.333. The minimum Gasteiger partial charge on any atom is -0.427 e. The number of imide groups is 1. The molecule has 3 aromatic rings. The van der Waals surface area contributed by atoms with E-state index in [9.17, 15) is 31.9 Å². The number of aromatic nitrogens is 2. The monoisotopic (exact) mass is 544 g/mol. The maximum absolute atomic E-state index is 13.6. The number of benzene rings is 2. The van der Waals surface area contributed by atoms with E-state index >= 15 is 0 Å². The van der Waals surface area contributed by atoms with Crippen molar-refractivity contribution in [2.45, 2.75) is 44.1 Å². The second-order valence-electron chi connectivity index (χ2n) is 9.70. The smallest absolute Gasteiger partial charge is 0.418 e. The lowest BCUT2D eigenvalue weighted by atomic mass is 9.93. The van der Waals surface area contributed by atoms with Gasteiger partial charge in [0.2, 0.25) is 11.5 Å². The van der Waals surface area contributed by atoms with Crippen LogP contribution in [-0.2, 0) is 39.9 Å². The highest BCUT2D eigenvalue weighted by Gasteiger charge is 2.58. The van der Waals surface area contributed by atoms with Gasteiger partial charge in [0.25, 0.3) is 5.91 Å². The maximum Gasteiger partial charge on any atom is 0.418 e. The van der Waals surface area contributed by atoms with Crippen LogP contribution in [0.2, 0.25) is 0 Å². The highest BCUT2D eigenvalue weighted by atomic mass is 19.4. The molecule has 12 heteroatoms. The van der Waals surface area contributed by atoms with Gasteiger partial charge in [0.15, 0.2) is 0 Å². The van der Waals surface area contributed by atoms with Crippen LogP contribution in [0.3, 0.4) is 0 Å². The number of ether oxygens (including phenoxy) is 1. The van der Waals surface area contributed by atoms with Crippen molar-refractivity contribution >= 4 is 17.9 Å². The standard InChI is InChI=1S/C27H24F4N4O4/c1-16(27(29,30)31)34(14-17-3-6-20(28)7-4-17)23(36)15-35-24(37)26(39-25(35)38)11-9-18-13-19(5-8-21(18)26)22-10-12-33(2)32-22/h3-8,10,12-13,16H,9,11,14-15H2,1-2H3/t16?,26-/m1/s1. The number of amides is 3. The SMILES string of the molecule is CC(N(Cc1ccc(F)cc1)C(=O)CN1C(=O)O[C@@]2(CCc3cc(-c4ccn(C)n4)ccc32)C1=O)C(F)(F)F. The molecule has 2 atom stereocenters. The number of halogens is 4. The van der Waals surface area contributed by atoms with Gasteiger partial charge in [-0.05, 0) is 48.7 Å². The first-order valence-corrected chi connectivity index (χ1v) is 12.2. The maximum atomic E-state index is 13.6. The van der Waals surface area contributed by atoms with Crippen molar-refractivity contribution in [1.29, 1.82) is 0 Å². The average molecular weight is 545 g/mol. The summed E-state index contributed by atoms with van der Waals surface area (Å²) >= 11 is 0. The second kappa shape index (κ2) is 9.51. The lowest BCUT2D eigenvalue weighted by Crippen LogP contribution is -2.51. The summed E-state index contributed by atoms with van der Waals surface area (Å²) < 4.78 is 61.3. The van der Waals surface area contributed by atoms with E-state index in [0.717, 1.165) is 35.9 Å². The molecule has 39 heavy (non-hydrogen) atoms. The molecule has 1 spiro atoms. The fourth-order valence-electron chi connectivity index (χ4n) is 5.01. The minimum atomic E-state index is -4.78. The highest BCUT2D eigenvalue weighted by Crippen LogP contribution is 2.46. The molecule has 0 bridgehead atoms. The topological polar surface area (TPSA) is 84.7 Å². The first kappa shape index (κ1) is 26.4. The van der Waals surface area contributed by atoms with Crippen LogP contribution in [-0.4, -0.2) is 56.3 Å². The lowest BCUT2D eigenvalue weighted by molar-refractivity contribution is -0.187. The molecule has 1 unspecified atom stereocenters. The van der Waals surface area contributed by atoms with E-state index in [0.29, 0.717) is 21.8 Å². The number of fused-ring (bicyclic) bond motifs is 2. The summed E-state index contributed by atoms with van der Waals surface area (Å²) in [4.78, 5) is 40.5. The molecule has 8 nitrogen and oxygen atoms in total. The van der Waals surface area contributed by atoms with E-state index in [1.807, 2.05) is 12.1 Å². The molecule has 204 valence electrons. The molecule has 2 aromatic carbocycles. The van der Waals surface area contributed by atoms with Gasteiger partial charge in [-0.15, -0.1) is 0 Å². The zero-order chi connectivity index (χ0) is 28.1. The van der Waals surface area contributed by atoms with Gasteiger partial charge in [0.1, 0.15) is 18.4 Å². The number of carbonyl (C=O) groups is 3. The quantitative estimate of drug-likeness (QED) is 0.432. The minimum absolute atomic E-state index is 0.140. The van der Waals surface area contributed by atoms with Gasteiger partial charge >= 0.3 is 12.3 Å². The van der Waals surface area contributed by atoms with Crippen molar-refractivity contribution in [3.8, 4) is 11.3 Å². The summed E-state index contributed by atoms with van der Waals surface area (Å²) in [6.45, 7) is -0.622. The van der Waals surface area contributed by atoms with Crippen molar-refractivity contribution in [1.82, 2.24) is 19.6 Å². The first-order valence-electron chi connectivity index (χ1n) is 12.2. The van der Waals surface area contributed by atoms with E-state index < -0.39 is 54.6 Å². The molecule has 1 saturated heterocycles. The molecule has 2 heterocycles. The first-order chi connectivity index (χ1) is 18.4. The normalized spacial score (nSPS) is 19.4. The molecular formula is C27H24F4N4O4. The molecule has 1 aromatic heterocycles. The number of alkyl halides is 3. The van der Waals surface area contributed by atoms with Gasteiger partial charge in [-0.1, -0.05) is 24.3 Å². The predicted molar refractivity (Wildman–Crippen MR) is 129 cm³/mol. The Labute approximate surface area is 220 Å². The van der Waals surface area contributed by atoms with E-state index in [2.05, 4.69) is 5.10 Å². The Morgan fingerprint density at radius 2 is 1.87 bits per heavy atom. The van der Waals surface area contributed by atoms with E-state index in [1.165, 1.54) is 12.1 Å². The third-order valence-corrected chi connectivity index (χ3v) is 7.19. The van der Waals surface area contributed by atoms with Gasteiger partial charge in [0, 0.05) is 37.3 Å². The average Bonchev–Trinajstić information content (AvgIpc) is 3.55. The van der Waals surface area contributed by atoms with Crippen LogP contribution in [0.5, 0.6) is 0 Å². The van der Waals surface area contributed by atoms with Crippen LogP contribution in [0.15, 0.2) is 54.7 Å². The van der Waals surface area contributed by atoms with Crippen LogP contribution in [0, 0.1) is 5.82 Å². The lowest BCUT2D eigenvalue weighted by Gasteiger charge is -2.31. The van der Waals surface area contributed by atoms with Crippen LogP contribution in [0.25, 0.3) is 11.3 Å². The Balaban J connectivity index is 1.39. The zero-order valence-electron chi connectivity index (χ0n) is 21.0. The number of aryl methyl sites for hydroxylation is 2. The summed E-state index contributed by atoms with van der Waals surface area (Å²) in [7, 11) is 1.79. The second-order valence-corrected chi connectivity index (χ2v) is 9.70. The largest absolute Gasteiger partial charge is 0.427 e. The number of hydrogen-bond donors (Lipinski definition) is 0. The molecule has 0 saturated carbocycles. The molecular weight excluding hydrogens is 520 g/mol. The summed E-state index contributed by atoms with van der Waals surface area (Å²) in [5.74, 6) is -2.48. The van der Waals surface area contributed by atoms with Crippen molar-refractivity contribution in [3.05, 3.63) is 77.2 Å². The van der Waals surface area contributed by atoms with Crippen LogP contribution in [0.1, 0.15) is 30.0 Å². The molecule has 0 radical (unpaired) electrons. The molecule has 1 aliphatic carbocycles. The number of hydrogen-bond acceptors (Lipinski definition) is 5. The summed E-state index contributed by atoms with van der Waals surface area (Å²) in [5.41, 5.74) is 1.39. The summed E-state index contributed by atoms with van der Waals surface area (Å²) in [6.07, 6.45) is -3.53. The van der Waals surface area contributed by atoms with Crippen molar-refractivity contribution in [3.63, 3.8) is 0 Å². The Morgan fingerprint density at radius 3 is 2.51 bits per heavy atom. The Kier molecular flexibility index (Phi) is 6.44. The number of nitrogens with zero attached hydrogens (tertiary/aromatic N) is 4. The van der Waals surface area contributed by atoms with E-state index in [4.69, 9.17) is 4.74 Å². The number of rotatable bonds is 6. The zero-order valence-corrected chi connectivity index (χ0v) is 21.0. The third kappa shape index (κ3) is 4.75. The van der Waals surface area contributed by atoms with Crippen LogP contribution in [0.4, 0.5) is 22.4 Å². The summed E-state index contributed by atoms with van der Waals surface area (Å²) in [6, 6.07) is 9.55.